The summed E-state index contributed by atoms with van der Waals surface area (Å²) in [6.07, 6.45) is 1.08. The Morgan fingerprint density at radius 1 is 1.27 bits per heavy atom. The van der Waals surface area contributed by atoms with Gasteiger partial charge in [-0.05, 0) is 35.8 Å². The molecule has 1 aromatic carbocycles. The molecule has 1 aliphatic heterocycles. The smallest absolute Gasteiger partial charge is 0.0595 e. The van der Waals surface area contributed by atoms with Crippen LogP contribution in [0.3, 0.4) is 0 Å². The van der Waals surface area contributed by atoms with Crippen molar-refractivity contribution in [1.82, 2.24) is 0 Å². The average Bonchev–Trinajstić information content (AvgIpc) is 2.59. The molecule has 0 N–H and O–H groups in total. The van der Waals surface area contributed by atoms with Crippen molar-refractivity contribution in [3.63, 3.8) is 0 Å². The van der Waals surface area contributed by atoms with Crippen LogP contribution in [0.1, 0.15) is 5.56 Å². The Bertz CT molecular complexity index is 356. The zero-order valence-electron chi connectivity index (χ0n) is 8.05. The van der Waals surface area contributed by atoms with Crippen molar-refractivity contribution in [2.45, 2.75) is 11.2 Å². The van der Waals surface area contributed by atoms with Gasteiger partial charge in [0.15, 0.2) is 0 Å². The minimum Gasteiger partial charge on any atom is -0.160 e. The fraction of sp³-hybridized carbons (Fsp3) is 0.455. The van der Waals surface area contributed by atoms with Crippen LogP contribution in [0.4, 0.5) is 0 Å². The molecule has 4 heteroatoms. The van der Waals surface area contributed by atoms with Gasteiger partial charge in [0.1, 0.15) is 0 Å². The molecule has 1 fully saturated rings. The third-order valence-electron chi connectivity index (χ3n) is 2.60. The summed E-state index contributed by atoms with van der Waals surface area (Å²) in [7, 11) is 0. The second-order valence-electron chi connectivity index (χ2n) is 3.77. The lowest BCUT2D eigenvalue weighted by Crippen LogP contribution is -2.14. The van der Waals surface area contributed by atoms with Crippen LogP contribution in [0, 0.1) is 5.92 Å². The second-order valence-corrected chi connectivity index (χ2v) is 6.83. The van der Waals surface area contributed by atoms with E-state index in [4.69, 9.17) is 23.2 Å². The molecule has 0 amide bonds. The molecule has 1 aliphatic rings. The number of hydrogen-bond acceptors (Lipinski definition) is 1. The van der Waals surface area contributed by atoms with Gasteiger partial charge in [-0.1, -0.05) is 45.2 Å². The summed E-state index contributed by atoms with van der Waals surface area (Å²) in [5, 5.41) is 1.29. The van der Waals surface area contributed by atoms with Crippen molar-refractivity contribution in [3.05, 3.63) is 33.8 Å². The van der Waals surface area contributed by atoms with Crippen molar-refractivity contribution in [2.75, 3.05) is 11.5 Å². The lowest BCUT2D eigenvalue weighted by molar-refractivity contribution is 0.616. The molecule has 1 aromatic rings. The van der Waals surface area contributed by atoms with Gasteiger partial charge in [0.05, 0.1) is 10.0 Å². The second kappa shape index (κ2) is 5.31. The van der Waals surface area contributed by atoms with Gasteiger partial charge in [0, 0.05) is 10.6 Å². The Hall–Kier alpha value is 0.630. The molecule has 2 rings (SSSR count). The van der Waals surface area contributed by atoms with E-state index in [-0.39, 0.29) is 0 Å². The SMILES string of the molecule is Clc1ccc(CC2CSCC2Br)cc1Cl. The molecule has 15 heavy (non-hydrogen) atoms. The minimum absolute atomic E-state index is 0.636. The highest BCUT2D eigenvalue weighted by molar-refractivity contribution is 9.09. The maximum Gasteiger partial charge on any atom is 0.0595 e. The van der Waals surface area contributed by atoms with Crippen LogP contribution in [0.2, 0.25) is 10.0 Å². The van der Waals surface area contributed by atoms with Crippen molar-refractivity contribution >= 4 is 50.9 Å². The van der Waals surface area contributed by atoms with Gasteiger partial charge < -0.3 is 0 Å². The minimum atomic E-state index is 0.636. The van der Waals surface area contributed by atoms with Crippen LogP contribution in [0.15, 0.2) is 18.2 Å². The lowest BCUT2D eigenvalue weighted by atomic mass is 9.99. The number of halogens is 3. The largest absolute Gasteiger partial charge is 0.160 e. The fourth-order valence-corrected chi connectivity index (χ4v) is 4.52. The van der Waals surface area contributed by atoms with E-state index >= 15 is 0 Å². The normalized spacial score (nSPS) is 25.8. The van der Waals surface area contributed by atoms with Gasteiger partial charge >= 0.3 is 0 Å². The molecule has 0 nitrogen and oxygen atoms in total. The monoisotopic (exact) mass is 324 g/mol. The standard InChI is InChI=1S/C11H11BrCl2S/c12-9-6-15-5-8(9)3-7-1-2-10(13)11(14)4-7/h1-2,4,8-9H,3,5-6H2. The highest BCUT2D eigenvalue weighted by Crippen LogP contribution is 2.33. The Labute approximate surface area is 113 Å². The Morgan fingerprint density at radius 2 is 2.07 bits per heavy atom. The van der Waals surface area contributed by atoms with Gasteiger partial charge in [-0.15, -0.1) is 0 Å². The molecule has 0 saturated carbocycles. The molecule has 0 aromatic heterocycles. The zero-order valence-corrected chi connectivity index (χ0v) is 12.0. The van der Waals surface area contributed by atoms with Crippen LogP contribution in [0.5, 0.6) is 0 Å². The third kappa shape index (κ3) is 3.06. The summed E-state index contributed by atoms with van der Waals surface area (Å²) in [5.41, 5.74) is 1.28. The van der Waals surface area contributed by atoms with E-state index in [0.717, 1.165) is 6.42 Å². The van der Waals surface area contributed by atoms with E-state index in [1.54, 1.807) is 0 Å². The first kappa shape index (κ1) is 12.1. The van der Waals surface area contributed by atoms with E-state index < -0.39 is 0 Å². The predicted octanol–water partition coefficient (Wildman–Crippen LogP) is 4.66. The van der Waals surface area contributed by atoms with Gasteiger partial charge in [-0.3, -0.25) is 0 Å². The summed E-state index contributed by atoms with van der Waals surface area (Å²) in [6.45, 7) is 0. The fourth-order valence-electron chi connectivity index (χ4n) is 1.73. The van der Waals surface area contributed by atoms with E-state index in [2.05, 4.69) is 22.0 Å². The number of benzene rings is 1. The molecular formula is C11H11BrCl2S. The van der Waals surface area contributed by atoms with E-state index in [0.29, 0.717) is 20.8 Å². The van der Waals surface area contributed by atoms with Gasteiger partial charge in [-0.2, -0.15) is 11.8 Å². The first-order chi connectivity index (χ1) is 7.16. The summed E-state index contributed by atoms with van der Waals surface area (Å²) in [6, 6.07) is 5.92. The Kier molecular flexibility index (Phi) is 4.28. The Morgan fingerprint density at radius 3 is 2.67 bits per heavy atom. The maximum absolute atomic E-state index is 5.99. The Balaban J connectivity index is 2.07. The zero-order chi connectivity index (χ0) is 10.8. The third-order valence-corrected chi connectivity index (χ3v) is 6.10. The first-order valence-corrected chi connectivity index (χ1v) is 7.65. The van der Waals surface area contributed by atoms with Crippen LogP contribution in [-0.4, -0.2) is 16.3 Å². The molecule has 0 aliphatic carbocycles. The number of alkyl halides is 1. The summed E-state index contributed by atoms with van der Waals surface area (Å²) in [4.78, 5) is 0.636. The number of hydrogen-bond donors (Lipinski definition) is 0. The molecule has 0 radical (unpaired) electrons. The molecule has 1 saturated heterocycles. The molecule has 2 unspecified atom stereocenters. The molecule has 1 heterocycles. The summed E-state index contributed by atoms with van der Waals surface area (Å²) < 4.78 is 0. The molecule has 0 spiro atoms. The predicted molar refractivity (Wildman–Crippen MR) is 73.7 cm³/mol. The van der Waals surface area contributed by atoms with Crippen LogP contribution >= 0.6 is 50.9 Å². The van der Waals surface area contributed by atoms with Crippen LogP contribution in [0.25, 0.3) is 0 Å². The van der Waals surface area contributed by atoms with Gasteiger partial charge in [-0.25, -0.2) is 0 Å². The quantitative estimate of drug-likeness (QED) is 0.712. The highest BCUT2D eigenvalue weighted by Gasteiger charge is 2.25. The van der Waals surface area contributed by atoms with E-state index in [1.165, 1.54) is 17.1 Å². The molecule has 0 bridgehead atoms. The number of rotatable bonds is 2. The maximum atomic E-state index is 5.99. The van der Waals surface area contributed by atoms with Crippen molar-refractivity contribution < 1.29 is 0 Å². The van der Waals surface area contributed by atoms with Crippen molar-refractivity contribution in [2.24, 2.45) is 5.92 Å². The highest BCUT2D eigenvalue weighted by atomic mass is 79.9. The van der Waals surface area contributed by atoms with Gasteiger partial charge in [0.2, 0.25) is 0 Å². The van der Waals surface area contributed by atoms with Crippen molar-refractivity contribution in [3.8, 4) is 0 Å². The molecule has 82 valence electrons. The molecular weight excluding hydrogens is 315 g/mol. The summed E-state index contributed by atoms with van der Waals surface area (Å²) in [5.74, 6) is 3.16. The van der Waals surface area contributed by atoms with Crippen LogP contribution in [-0.2, 0) is 6.42 Å². The van der Waals surface area contributed by atoms with Gasteiger partial charge in [0.25, 0.3) is 0 Å². The van der Waals surface area contributed by atoms with Crippen LogP contribution < -0.4 is 0 Å². The first-order valence-electron chi connectivity index (χ1n) is 4.82. The van der Waals surface area contributed by atoms with E-state index in [9.17, 15) is 0 Å². The number of thioether (sulfide) groups is 1. The average molecular weight is 326 g/mol. The lowest BCUT2D eigenvalue weighted by Gasteiger charge is -2.13. The van der Waals surface area contributed by atoms with E-state index in [1.807, 2.05) is 23.9 Å². The topological polar surface area (TPSA) is 0 Å². The van der Waals surface area contributed by atoms with Crippen molar-refractivity contribution in [1.29, 1.82) is 0 Å². The summed E-state index contributed by atoms with van der Waals surface area (Å²) >= 11 is 17.6. The molecule has 2 atom stereocenters.